The fraction of sp³-hybridized carbons (Fsp3) is 0.312. The highest BCUT2D eigenvalue weighted by Crippen LogP contribution is 2.26. The van der Waals surface area contributed by atoms with Crippen molar-refractivity contribution in [1.29, 1.82) is 0 Å². The number of nitrogens with one attached hydrogen (secondary N) is 3. The molecular weight excluding hydrogens is 516 g/mol. The van der Waals surface area contributed by atoms with Crippen molar-refractivity contribution in [3.05, 3.63) is 72.4 Å². The monoisotopic (exact) mass is 550 g/mol. The van der Waals surface area contributed by atoms with E-state index >= 15 is 0 Å². The predicted molar refractivity (Wildman–Crippen MR) is 160 cm³/mol. The molecule has 1 saturated heterocycles. The average molecular weight is 551 g/mol. The van der Waals surface area contributed by atoms with E-state index in [1.165, 1.54) is 0 Å². The van der Waals surface area contributed by atoms with Crippen LogP contribution in [0.2, 0.25) is 0 Å². The van der Waals surface area contributed by atoms with Gasteiger partial charge in [0.1, 0.15) is 5.75 Å². The zero-order chi connectivity index (χ0) is 28.4. The SMILES string of the molecule is CC#CC(=O)N1CCC(CC(=O)Nc2cc3cc(c2)Nc2nccc(n2)-c2cccc(c2)OCC/C=C/CNC3)C1. The lowest BCUT2D eigenvalue weighted by Crippen LogP contribution is -2.28. The highest BCUT2D eigenvalue weighted by Gasteiger charge is 2.27. The first-order valence-electron chi connectivity index (χ1n) is 13.9. The van der Waals surface area contributed by atoms with Crippen LogP contribution in [0, 0.1) is 17.8 Å². The first-order valence-corrected chi connectivity index (χ1v) is 13.9. The molecule has 1 atom stereocenters. The molecule has 3 heterocycles. The summed E-state index contributed by atoms with van der Waals surface area (Å²) in [5, 5.41) is 9.79. The van der Waals surface area contributed by atoms with Crippen LogP contribution in [0.1, 0.15) is 31.7 Å². The number of likely N-dealkylation sites (tertiary alicyclic amines) is 1. The van der Waals surface area contributed by atoms with Gasteiger partial charge in [-0.1, -0.05) is 30.2 Å². The van der Waals surface area contributed by atoms with E-state index in [1.54, 1.807) is 18.0 Å². The number of benzene rings is 2. The number of carbonyl (C=O) groups is 2. The largest absolute Gasteiger partial charge is 0.493 e. The van der Waals surface area contributed by atoms with Crippen LogP contribution in [0.25, 0.3) is 11.3 Å². The lowest BCUT2D eigenvalue weighted by atomic mass is 10.0. The summed E-state index contributed by atoms with van der Waals surface area (Å²) in [7, 11) is 0. The van der Waals surface area contributed by atoms with Crippen LogP contribution in [0.3, 0.4) is 0 Å². The Morgan fingerprint density at radius 2 is 2.10 bits per heavy atom. The molecule has 0 aliphatic carbocycles. The summed E-state index contributed by atoms with van der Waals surface area (Å²) in [6, 6.07) is 15.6. The Morgan fingerprint density at radius 3 is 3.00 bits per heavy atom. The average Bonchev–Trinajstić information content (AvgIpc) is 3.43. The van der Waals surface area contributed by atoms with E-state index in [-0.39, 0.29) is 17.7 Å². The van der Waals surface area contributed by atoms with E-state index in [9.17, 15) is 9.59 Å². The standard InChI is InChI=1S/C32H34N6O3/c1-2-7-31(40)38-14-11-23(22-38)18-30(39)35-26-16-24-17-27(20-26)36-32-34-13-10-29(37-32)25-8-6-9-28(19-25)41-15-5-3-4-12-33-21-24/h3-4,6,8-10,13,16-17,19-20,23,33H,5,11-12,14-15,18,21-22H2,1H3,(H,35,39)(H,34,36,37)/b4-3+. The topological polar surface area (TPSA) is 108 Å². The Morgan fingerprint density at radius 1 is 1.17 bits per heavy atom. The van der Waals surface area contributed by atoms with Gasteiger partial charge in [-0.05, 0) is 73.6 Å². The molecule has 1 fully saturated rings. The van der Waals surface area contributed by atoms with Gasteiger partial charge in [0.25, 0.3) is 5.91 Å². The number of nitrogens with zero attached hydrogens (tertiary/aromatic N) is 3. The van der Waals surface area contributed by atoms with Gasteiger partial charge < -0.3 is 25.6 Å². The van der Waals surface area contributed by atoms with E-state index in [0.29, 0.717) is 50.8 Å². The van der Waals surface area contributed by atoms with Crippen molar-refractivity contribution in [3.63, 3.8) is 0 Å². The third-order valence-electron chi connectivity index (χ3n) is 6.91. The van der Waals surface area contributed by atoms with Crippen molar-refractivity contribution in [2.75, 3.05) is 36.9 Å². The number of rotatable bonds is 3. The molecule has 3 aromatic rings. The van der Waals surface area contributed by atoms with Gasteiger partial charge in [0.05, 0.1) is 12.3 Å². The van der Waals surface area contributed by atoms with Gasteiger partial charge in [-0.3, -0.25) is 9.59 Å². The molecule has 2 aliphatic heterocycles. The molecule has 0 spiro atoms. The molecule has 2 aromatic carbocycles. The second-order valence-corrected chi connectivity index (χ2v) is 10.1. The second-order valence-electron chi connectivity index (χ2n) is 10.1. The maximum Gasteiger partial charge on any atom is 0.298 e. The van der Waals surface area contributed by atoms with Crippen LogP contribution in [-0.2, 0) is 16.1 Å². The third-order valence-corrected chi connectivity index (χ3v) is 6.91. The van der Waals surface area contributed by atoms with Gasteiger partial charge in [-0.25, -0.2) is 9.97 Å². The Labute approximate surface area is 240 Å². The third kappa shape index (κ3) is 7.93. The number of carbonyl (C=O) groups excluding carboxylic acids is 2. The van der Waals surface area contributed by atoms with Crippen molar-refractivity contribution < 1.29 is 14.3 Å². The number of hydrogen-bond acceptors (Lipinski definition) is 7. The first kappa shape index (κ1) is 27.9. The van der Waals surface area contributed by atoms with Crippen LogP contribution in [0.5, 0.6) is 5.75 Å². The molecule has 210 valence electrons. The minimum Gasteiger partial charge on any atom is -0.493 e. The Hall–Kier alpha value is -4.68. The summed E-state index contributed by atoms with van der Waals surface area (Å²) in [5.41, 5.74) is 4.16. The number of aromatic nitrogens is 2. The molecular formula is C32H34N6O3. The van der Waals surface area contributed by atoms with Crippen molar-refractivity contribution >= 4 is 29.1 Å². The molecule has 3 N–H and O–H groups in total. The van der Waals surface area contributed by atoms with Gasteiger partial charge in [0.15, 0.2) is 0 Å². The molecule has 2 amide bonds. The highest BCUT2D eigenvalue weighted by atomic mass is 16.5. The van der Waals surface area contributed by atoms with Crippen molar-refractivity contribution in [2.24, 2.45) is 5.92 Å². The van der Waals surface area contributed by atoms with Crippen LogP contribution < -0.4 is 20.7 Å². The van der Waals surface area contributed by atoms with Crippen molar-refractivity contribution in [2.45, 2.75) is 32.7 Å². The fourth-order valence-electron chi connectivity index (χ4n) is 4.98. The lowest BCUT2D eigenvalue weighted by molar-refractivity contribution is -0.124. The molecule has 1 aromatic heterocycles. The summed E-state index contributed by atoms with van der Waals surface area (Å²) in [4.78, 5) is 35.9. The molecule has 41 heavy (non-hydrogen) atoms. The maximum atomic E-state index is 13.0. The summed E-state index contributed by atoms with van der Waals surface area (Å²) in [6.07, 6.45) is 7.85. The summed E-state index contributed by atoms with van der Waals surface area (Å²) in [5.74, 6) is 6.33. The summed E-state index contributed by atoms with van der Waals surface area (Å²) in [6.45, 7) is 4.74. The smallest absolute Gasteiger partial charge is 0.298 e. The molecule has 1 unspecified atom stereocenters. The van der Waals surface area contributed by atoms with E-state index < -0.39 is 0 Å². The van der Waals surface area contributed by atoms with Gasteiger partial charge >= 0.3 is 0 Å². The molecule has 6 bridgehead atoms. The number of hydrogen-bond donors (Lipinski definition) is 3. The van der Waals surface area contributed by atoms with E-state index in [2.05, 4.69) is 44.9 Å². The van der Waals surface area contributed by atoms with Crippen LogP contribution in [0.15, 0.2) is 66.9 Å². The quantitative estimate of drug-likeness (QED) is 0.325. The van der Waals surface area contributed by atoms with Gasteiger partial charge in [-0.2, -0.15) is 0 Å². The first-order chi connectivity index (χ1) is 20.1. The number of anilines is 3. The zero-order valence-corrected chi connectivity index (χ0v) is 23.2. The Balaban J connectivity index is 1.34. The molecule has 9 nitrogen and oxygen atoms in total. The predicted octanol–water partition coefficient (Wildman–Crippen LogP) is 4.52. The van der Waals surface area contributed by atoms with Crippen molar-refractivity contribution in [1.82, 2.24) is 20.2 Å². The van der Waals surface area contributed by atoms with Crippen LogP contribution >= 0.6 is 0 Å². The highest BCUT2D eigenvalue weighted by molar-refractivity contribution is 5.94. The Kier molecular flexibility index (Phi) is 9.24. The molecule has 9 heteroatoms. The van der Waals surface area contributed by atoms with Gasteiger partial charge in [-0.15, -0.1) is 0 Å². The lowest BCUT2D eigenvalue weighted by Gasteiger charge is -2.15. The molecule has 0 radical (unpaired) electrons. The van der Waals surface area contributed by atoms with Gasteiger partial charge in [0.2, 0.25) is 11.9 Å². The van der Waals surface area contributed by atoms with E-state index in [4.69, 9.17) is 9.72 Å². The molecule has 0 saturated carbocycles. The molecule has 2 aliphatic rings. The summed E-state index contributed by atoms with van der Waals surface area (Å²) >= 11 is 0. The fourth-order valence-corrected chi connectivity index (χ4v) is 4.98. The minimum absolute atomic E-state index is 0.0836. The van der Waals surface area contributed by atoms with Crippen molar-refractivity contribution in [3.8, 4) is 28.8 Å². The minimum atomic E-state index is -0.175. The molecule has 5 rings (SSSR count). The number of fused-ring (bicyclic) bond motifs is 7. The normalized spacial score (nSPS) is 17.5. The maximum absolute atomic E-state index is 13.0. The Bertz CT molecular complexity index is 1490. The van der Waals surface area contributed by atoms with E-state index in [0.717, 1.165) is 41.1 Å². The van der Waals surface area contributed by atoms with E-state index in [1.807, 2.05) is 48.5 Å². The zero-order valence-electron chi connectivity index (χ0n) is 23.2. The second kappa shape index (κ2) is 13.6. The van der Waals surface area contributed by atoms with Gasteiger partial charge in [0, 0.05) is 55.7 Å². The number of ether oxygens (including phenoxy) is 1. The van der Waals surface area contributed by atoms with Crippen LogP contribution in [0.4, 0.5) is 17.3 Å². The van der Waals surface area contributed by atoms with Crippen LogP contribution in [-0.4, -0.2) is 52.9 Å². The summed E-state index contributed by atoms with van der Waals surface area (Å²) < 4.78 is 5.92. The number of amides is 2.